The first kappa shape index (κ1) is 16.4. The van der Waals surface area contributed by atoms with E-state index in [1.807, 2.05) is 0 Å². The van der Waals surface area contributed by atoms with E-state index in [1.165, 1.54) is 0 Å². The van der Waals surface area contributed by atoms with Crippen LogP contribution in [-0.4, -0.2) is 43.4 Å². The molecule has 2 rings (SSSR count). The van der Waals surface area contributed by atoms with Gasteiger partial charge in [-0.3, -0.25) is 4.79 Å². The monoisotopic (exact) mass is 330 g/mol. The largest absolute Gasteiger partial charge is 0.548 e. The van der Waals surface area contributed by atoms with Crippen LogP contribution in [0.5, 0.6) is 0 Å². The van der Waals surface area contributed by atoms with E-state index in [9.17, 15) is 27.5 Å². The second-order valence-corrected chi connectivity index (χ2v) is 6.72. The summed E-state index contributed by atoms with van der Waals surface area (Å²) in [5.74, 6) is -2.84. The third kappa shape index (κ3) is 3.25. The van der Waals surface area contributed by atoms with E-state index in [4.69, 9.17) is 4.74 Å². The quantitative estimate of drug-likeness (QED) is 0.674. The molecule has 0 radical (unpaired) electrons. The van der Waals surface area contributed by atoms with Gasteiger partial charge in [-0.15, -0.1) is 0 Å². The molecule has 0 spiro atoms. The maximum absolute atomic E-state index is 12.9. The van der Waals surface area contributed by atoms with Crippen LogP contribution in [0.25, 0.3) is 0 Å². The molecule has 1 aromatic carbocycles. The molecule has 1 fully saturated rings. The van der Waals surface area contributed by atoms with Gasteiger partial charge < -0.3 is 14.6 Å². The SMILES string of the molecule is CC(=O)O[C@H]1C[C@@H](C(=O)[O-])N(S(=O)(=O)c2ccc(F)cc2)C1. The molecule has 0 unspecified atom stereocenters. The highest BCUT2D eigenvalue weighted by Crippen LogP contribution is 2.27. The molecule has 2 atom stereocenters. The van der Waals surface area contributed by atoms with Crippen molar-refractivity contribution < 1.29 is 32.2 Å². The van der Waals surface area contributed by atoms with Crippen molar-refractivity contribution in [2.75, 3.05) is 6.54 Å². The molecule has 1 aliphatic heterocycles. The fraction of sp³-hybridized carbons (Fsp3) is 0.385. The molecule has 1 aromatic rings. The summed E-state index contributed by atoms with van der Waals surface area (Å²) in [4.78, 5) is 21.9. The van der Waals surface area contributed by atoms with E-state index in [0.29, 0.717) is 4.31 Å². The van der Waals surface area contributed by atoms with Crippen LogP contribution in [0.3, 0.4) is 0 Å². The number of carboxylic acids is 1. The second-order valence-electron chi connectivity index (χ2n) is 4.83. The molecule has 0 amide bonds. The summed E-state index contributed by atoms with van der Waals surface area (Å²) < 4.78 is 43.4. The van der Waals surface area contributed by atoms with E-state index in [2.05, 4.69) is 0 Å². The Hall–Kier alpha value is -2.00. The Labute approximate surface area is 126 Å². The standard InChI is InChI=1S/C13H14FNO6S/c1-8(16)21-10-6-12(13(17)18)15(7-10)22(19,20)11-4-2-9(14)3-5-11/h2-5,10,12H,6-7H2,1H3,(H,17,18)/p-1/t10-,12-/m0/s1. The molecule has 9 heteroatoms. The first-order valence-electron chi connectivity index (χ1n) is 6.37. The third-order valence-electron chi connectivity index (χ3n) is 3.24. The molecule has 0 aromatic heterocycles. The zero-order chi connectivity index (χ0) is 16.5. The Balaban J connectivity index is 2.33. The van der Waals surface area contributed by atoms with Crippen molar-refractivity contribution in [1.29, 1.82) is 0 Å². The average Bonchev–Trinajstić information content (AvgIpc) is 2.83. The molecule has 0 bridgehead atoms. The molecular formula is C13H13FNO6S-. The number of carbonyl (C=O) groups excluding carboxylic acids is 2. The molecule has 0 aliphatic carbocycles. The first-order chi connectivity index (χ1) is 10.2. The third-order valence-corrected chi connectivity index (χ3v) is 5.13. The molecule has 22 heavy (non-hydrogen) atoms. The number of sulfonamides is 1. The number of carbonyl (C=O) groups is 2. The van der Waals surface area contributed by atoms with Gasteiger partial charge in [-0.1, -0.05) is 0 Å². The molecule has 7 nitrogen and oxygen atoms in total. The summed E-state index contributed by atoms with van der Waals surface area (Å²) in [5, 5.41) is 11.2. The normalized spacial score (nSPS) is 22.5. The predicted octanol–water partition coefficient (Wildman–Crippen LogP) is -0.730. The summed E-state index contributed by atoms with van der Waals surface area (Å²) in [5.41, 5.74) is 0. The Kier molecular flexibility index (Phi) is 4.47. The van der Waals surface area contributed by atoms with Gasteiger partial charge >= 0.3 is 5.97 Å². The number of hydrogen-bond acceptors (Lipinski definition) is 6. The number of ether oxygens (including phenoxy) is 1. The lowest BCUT2D eigenvalue weighted by molar-refractivity contribution is -0.309. The fourth-order valence-electron chi connectivity index (χ4n) is 2.31. The Morgan fingerprint density at radius 1 is 1.32 bits per heavy atom. The van der Waals surface area contributed by atoms with E-state index in [1.54, 1.807) is 0 Å². The van der Waals surface area contributed by atoms with Crippen LogP contribution in [0, 0.1) is 5.82 Å². The van der Waals surface area contributed by atoms with Crippen LogP contribution < -0.4 is 5.11 Å². The summed E-state index contributed by atoms with van der Waals surface area (Å²) in [6.45, 7) is 0.850. The topological polar surface area (TPSA) is 104 Å². The molecule has 120 valence electrons. The second kappa shape index (κ2) is 6.01. The van der Waals surface area contributed by atoms with Gasteiger partial charge in [0.05, 0.1) is 23.5 Å². The van der Waals surface area contributed by atoms with Crippen molar-refractivity contribution in [2.45, 2.75) is 30.4 Å². The molecule has 1 aliphatic rings. The van der Waals surface area contributed by atoms with Crippen LogP contribution in [-0.2, 0) is 24.3 Å². The highest BCUT2D eigenvalue weighted by atomic mass is 32.2. The Morgan fingerprint density at radius 3 is 2.41 bits per heavy atom. The van der Waals surface area contributed by atoms with E-state index in [-0.39, 0.29) is 17.9 Å². The maximum Gasteiger partial charge on any atom is 0.302 e. The Bertz CT molecular complexity index is 687. The number of aliphatic carboxylic acids is 1. The van der Waals surface area contributed by atoms with Crippen molar-refractivity contribution in [1.82, 2.24) is 4.31 Å². The highest BCUT2D eigenvalue weighted by Gasteiger charge is 2.42. The summed E-state index contributed by atoms with van der Waals surface area (Å²) >= 11 is 0. The van der Waals surface area contributed by atoms with E-state index in [0.717, 1.165) is 31.2 Å². The van der Waals surface area contributed by atoms with E-state index < -0.39 is 39.9 Å². The van der Waals surface area contributed by atoms with Gasteiger partial charge in [-0.25, -0.2) is 12.8 Å². The number of nitrogens with zero attached hydrogens (tertiary/aromatic N) is 1. The number of carboxylic acid groups (broad SMARTS) is 1. The van der Waals surface area contributed by atoms with Crippen molar-refractivity contribution in [3.8, 4) is 0 Å². The minimum atomic E-state index is -4.16. The van der Waals surface area contributed by atoms with Crippen LogP contribution in [0.2, 0.25) is 0 Å². The molecule has 0 N–H and O–H groups in total. The van der Waals surface area contributed by atoms with Gasteiger partial charge in [0.25, 0.3) is 0 Å². The number of benzene rings is 1. The average molecular weight is 330 g/mol. The summed E-state index contributed by atoms with van der Waals surface area (Å²) in [7, 11) is -4.16. The zero-order valence-corrected chi connectivity index (χ0v) is 12.4. The lowest BCUT2D eigenvalue weighted by Gasteiger charge is -2.24. The van der Waals surface area contributed by atoms with Crippen LogP contribution in [0.4, 0.5) is 4.39 Å². The summed E-state index contributed by atoms with van der Waals surface area (Å²) in [6.07, 6.45) is -1.06. The number of halogens is 1. The van der Waals surface area contributed by atoms with Gasteiger partial charge in [0.2, 0.25) is 10.0 Å². The lowest BCUT2D eigenvalue weighted by Crippen LogP contribution is -2.46. The Morgan fingerprint density at radius 2 is 1.91 bits per heavy atom. The molecule has 1 heterocycles. The van der Waals surface area contributed by atoms with E-state index >= 15 is 0 Å². The van der Waals surface area contributed by atoms with Crippen molar-refractivity contribution in [3.05, 3.63) is 30.1 Å². The van der Waals surface area contributed by atoms with Crippen LogP contribution in [0.15, 0.2) is 29.2 Å². The molecule has 0 saturated carbocycles. The first-order valence-corrected chi connectivity index (χ1v) is 7.81. The van der Waals surface area contributed by atoms with Crippen molar-refractivity contribution >= 4 is 22.0 Å². The highest BCUT2D eigenvalue weighted by molar-refractivity contribution is 7.89. The minimum absolute atomic E-state index is 0.192. The number of rotatable bonds is 4. The van der Waals surface area contributed by atoms with Crippen LogP contribution in [0.1, 0.15) is 13.3 Å². The fourth-order valence-corrected chi connectivity index (χ4v) is 3.93. The van der Waals surface area contributed by atoms with Crippen LogP contribution >= 0.6 is 0 Å². The zero-order valence-electron chi connectivity index (χ0n) is 11.6. The van der Waals surface area contributed by atoms with Gasteiger partial charge in [0, 0.05) is 13.3 Å². The summed E-state index contributed by atoms with van der Waals surface area (Å²) in [6, 6.07) is 2.55. The molecular weight excluding hydrogens is 317 g/mol. The number of esters is 1. The molecule has 1 saturated heterocycles. The maximum atomic E-state index is 12.9. The van der Waals surface area contributed by atoms with Gasteiger partial charge in [-0.05, 0) is 24.3 Å². The van der Waals surface area contributed by atoms with Crippen molar-refractivity contribution in [2.24, 2.45) is 0 Å². The predicted molar refractivity (Wildman–Crippen MR) is 69.3 cm³/mol. The van der Waals surface area contributed by atoms with Gasteiger partial charge in [-0.2, -0.15) is 4.31 Å². The minimum Gasteiger partial charge on any atom is -0.548 e. The van der Waals surface area contributed by atoms with Gasteiger partial charge in [0.15, 0.2) is 0 Å². The smallest absolute Gasteiger partial charge is 0.302 e. The lowest BCUT2D eigenvalue weighted by atomic mass is 10.2. The van der Waals surface area contributed by atoms with Gasteiger partial charge in [0.1, 0.15) is 11.9 Å². The van der Waals surface area contributed by atoms with Crippen molar-refractivity contribution in [3.63, 3.8) is 0 Å². The number of hydrogen-bond donors (Lipinski definition) is 0.